The number of rotatable bonds is 6. The van der Waals surface area contributed by atoms with Crippen molar-refractivity contribution in [3.8, 4) is 0 Å². The molecule has 1 N–H and O–H groups in total. The minimum Gasteiger partial charge on any atom is -0.457 e. The molecule has 2 rings (SSSR count). The van der Waals surface area contributed by atoms with E-state index < -0.39 is 23.2 Å². The summed E-state index contributed by atoms with van der Waals surface area (Å²) in [5.41, 5.74) is 1.17. The maximum Gasteiger partial charge on any atom is 0.333 e. The highest BCUT2D eigenvalue weighted by molar-refractivity contribution is 5.83. The monoisotopic (exact) mass is 373 g/mol. The van der Waals surface area contributed by atoms with Gasteiger partial charge in [0, 0.05) is 30.3 Å². The maximum absolute atomic E-state index is 14.1. The maximum atomic E-state index is 14.1. The largest absolute Gasteiger partial charge is 0.457 e. The minimum atomic E-state index is -0.653. The zero-order valence-electron chi connectivity index (χ0n) is 16.1. The molecule has 0 saturated carbocycles. The predicted octanol–water partition coefficient (Wildman–Crippen LogP) is 5.08. The first-order valence-corrected chi connectivity index (χ1v) is 8.83. The molecule has 144 valence electrons. The number of allylic oxidation sites excluding steroid dienone is 1. The van der Waals surface area contributed by atoms with Gasteiger partial charge in [-0.2, -0.15) is 0 Å². The molecule has 0 radical (unpaired) electrons. The van der Waals surface area contributed by atoms with Crippen molar-refractivity contribution in [3.05, 3.63) is 83.1 Å². The molecule has 2 aromatic rings. The Morgan fingerprint density at radius 2 is 1.81 bits per heavy atom. The van der Waals surface area contributed by atoms with Gasteiger partial charge in [0.05, 0.1) is 0 Å². The molecule has 0 saturated heterocycles. The fourth-order valence-corrected chi connectivity index (χ4v) is 2.59. The molecule has 0 aliphatic carbocycles. The minimum absolute atomic E-state index is 0.108. The van der Waals surface area contributed by atoms with Crippen molar-refractivity contribution in [2.45, 2.75) is 45.8 Å². The van der Waals surface area contributed by atoms with Crippen molar-refractivity contribution in [2.75, 3.05) is 0 Å². The first-order valence-electron chi connectivity index (χ1n) is 8.83. The molecule has 0 bridgehead atoms. The second kappa shape index (κ2) is 8.80. The number of nitrogens with one attached hydrogen (secondary N) is 1. The summed E-state index contributed by atoms with van der Waals surface area (Å²) >= 11 is 0. The van der Waals surface area contributed by atoms with Crippen molar-refractivity contribution < 1.29 is 18.3 Å². The molecule has 0 heterocycles. The molecule has 0 aromatic heterocycles. The second-order valence-electron chi connectivity index (χ2n) is 7.39. The van der Waals surface area contributed by atoms with Gasteiger partial charge in [0.25, 0.3) is 0 Å². The third-order valence-electron chi connectivity index (χ3n) is 3.80. The van der Waals surface area contributed by atoms with Gasteiger partial charge in [0.2, 0.25) is 0 Å². The van der Waals surface area contributed by atoms with E-state index >= 15 is 0 Å². The third-order valence-corrected chi connectivity index (χ3v) is 3.80. The van der Waals surface area contributed by atoms with E-state index in [1.54, 1.807) is 20.8 Å². The molecule has 0 spiro atoms. The number of esters is 1. The summed E-state index contributed by atoms with van der Waals surface area (Å²) in [6.45, 7) is 7.27. The van der Waals surface area contributed by atoms with Gasteiger partial charge in [0.1, 0.15) is 17.2 Å². The van der Waals surface area contributed by atoms with E-state index in [0.29, 0.717) is 11.3 Å². The first-order chi connectivity index (χ1) is 12.6. The summed E-state index contributed by atoms with van der Waals surface area (Å²) in [5.74, 6) is -1.81. The van der Waals surface area contributed by atoms with Crippen molar-refractivity contribution in [1.29, 1.82) is 0 Å². The van der Waals surface area contributed by atoms with Gasteiger partial charge in [0.15, 0.2) is 0 Å². The number of halogens is 2. The van der Waals surface area contributed by atoms with Gasteiger partial charge in [-0.1, -0.05) is 36.4 Å². The van der Waals surface area contributed by atoms with Gasteiger partial charge in [-0.3, -0.25) is 0 Å². The molecule has 5 heteroatoms. The lowest BCUT2D eigenvalue weighted by Gasteiger charge is -2.21. The van der Waals surface area contributed by atoms with Crippen LogP contribution in [0.4, 0.5) is 8.78 Å². The highest BCUT2D eigenvalue weighted by Gasteiger charge is 2.17. The van der Waals surface area contributed by atoms with Crippen LogP contribution in [-0.4, -0.2) is 11.6 Å². The van der Waals surface area contributed by atoms with Crippen molar-refractivity contribution in [1.82, 2.24) is 5.32 Å². The number of hydrogen-bond donors (Lipinski definition) is 1. The van der Waals surface area contributed by atoms with Gasteiger partial charge >= 0.3 is 5.97 Å². The molecule has 0 aliphatic heterocycles. The number of hydrogen-bond acceptors (Lipinski definition) is 3. The van der Waals surface area contributed by atoms with Crippen LogP contribution in [-0.2, 0) is 16.0 Å². The average molecular weight is 373 g/mol. The van der Waals surface area contributed by atoms with Crippen LogP contribution in [0, 0.1) is 11.6 Å². The Kier molecular flexibility index (Phi) is 6.72. The third kappa shape index (κ3) is 6.85. The number of benzene rings is 2. The average Bonchev–Trinajstić information content (AvgIpc) is 2.56. The topological polar surface area (TPSA) is 38.3 Å². The Labute approximate surface area is 159 Å². The van der Waals surface area contributed by atoms with Gasteiger partial charge in [-0.15, -0.1) is 0 Å². The van der Waals surface area contributed by atoms with Crippen LogP contribution in [0.2, 0.25) is 0 Å². The van der Waals surface area contributed by atoms with Crippen LogP contribution in [0.25, 0.3) is 0 Å². The number of ether oxygens (including phenoxy) is 1. The molecule has 2 aromatic carbocycles. The fourth-order valence-electron chi connectivity index (χ4n) is 2.59. The summed E-state index contributed by atoms with van der Waals surface area (Å²) in [5, 5.41) is 3.24. The second-order valence-corrected chi connectivity index (χ2v) is 7.39. The molecule has 0 amide bonds. The van der Waals surface area contributed by atoms with Crippen LogP contribution < -0.4 is 5.32 Å². The van der Waals surface area contributed by atoms with E-state index in [2.05, 4.69) is 5.32 Å². The molecule has 0 unspecified atom stereocenters. The van der Waals surface area contributed by atoms with E-state index in [9.17, 15) is 13.6 Å². The van der Waals surface area contributed by atoms with Crippen LogP contribution in [0.5, 0.6) is 0 Å². The Morgan fingerprint density at radius 1 is 1.15 bits per heavy atom. The Balaban J connectivity index is 2.25. The van der Waals surface area contributed by atoms with Crippen LogP contribution in [0.15, 0.2) is 60.3 Å². The molecular formula is C22H25F2NO2. The van der Waals surface area contributed by atoms with Gasteiger partial charge in [-0.05, 0) is 44.9 Å². The SMILES string of the molecule is C[C@@H](NC(=CC(=O)OC(C)(C)C)Cc1ccc(F)cc1F)c1ccccc1. The number of carbonyl (C=O) groups excluding carboxylic acids is 1. The van der Waals surface area contributed by atoms with Crippen LogP contribution >= 0.6 is 0 Å². The summed E-state index contributed by atoms with van der Waals surface area (Å²) in [6.07, 6.45) is 1.44. The zero-order valence-corrected chi connectivity index (χ0v) is 16.1. The summed E-state index contributed by atoms with van der Waals surface area (Å²) in [7, 11) is 0. The van der Waals surface area contributed by atoms with Gasteiger partial charge < -0.3 is 10.1 Å². The lowest BCUT2D eigenvalue weighted by Crippen LogP contribution is -2.25. The summed E-state index contributed by atoms with van der Waals surface area (Å²) in [6, 6.07) is 13.0. The Hall–Kier alpha value is -2.69. The quantitative estimate of drug-likeness (QED) is 0.567. The molecule has 3 nitrogen and oxygen atoms in total. The van der Waals surface area contributed by atoms with Crippen molar-refractivity contribution >= 4 is 5.97 Å². The van der Waals surface area contributed by atoms with E-state index in [4.69, 9.17) is 4.74 Å². The fraction of sp³-hybridized carbons (Fsp3) is 0.318. The van der Waals surface area contributed by atoms with Crippen molar-refractivity contribution in [2.24, 2.45) is 0 Å². The standard InChI is InChI=1S/C22H25F2NO2/c1-15(16-8-6-5-7-9-16)25-19(14-21(26)27-22(2,3)4)12-17-10-11-18(23)13-20(17)24/h5-11,13-15,25H,12H2,1-4H3/t15-/m1/s1. The van der Waals surface area contributed by atoms with Crippen LogP contribution in [0.3, 0.4) is 0 Å². The van der Waals surface area contributed by atoms with E-state index in [0.717, 1.165) is 11.6 Å². The Bertz CT molecular complexity index is 811. The molecule has 27 heavy (non-hydrogen) atoms. The lowest BCUT2D eigenvalue weighted by molar-refractivity contribution is -0.148. The van der Waals surface area contributed by atoms with Crippen LogP contribution in [0.1, 0.15) is 44.9 Å². The van der Waals surface area contributed by atoms with Gasteiger partial charge in [-0.25, -0.2) is 13.6 Å². The summed E-state index contributed by atoms with van der Waals surface area (Å²) < 4.78 is 32.6. The molecule has 1 atom stereocenters. The smallest absolute Gasteiger partial charge is 0.333 e. The highest BCUT2D eigenvalue weighted by Crippen LogP contribution is 2.18. The Morgan fingerprint density at radius 3 is 2.41 bits per heavy atom. The van der Waals surface area contributed by atoms with E-state index in [1.807, 2.05) is 37.3 Å². The van der Waals surface area contributed by atoms with E-state index in [-0.39, 0.29) is 12.5 Å². The van der Waals surface area contributed by atoms with Crippen molar-refractivity contribution in [3.63, 3.8) is 0 Å². The molecule has 0 aliphatic rings. The normalized spacial score (nSPS) is 13.2. The highest BCUT2D eigenvalue weighted by atomic mass is 19.1. The predicted molar refractivity (Wildman–Crippen MR) is 102 cm³/mol. The first kappa shape index (κ1) is 20.6. The summed E-state index contributed by atoms with van der Waals surface area (Å²) in [4.78, 5) is 12.2. The zero-order chi connectivity index (χ0) is 20.0. The molecular weight excluding hydrogens is 348 g/mol. The number of carbonyl (C=O) groups is 1. The van der Waals surface area contributed by atoms with E-state index in [1.165, 1.54) is 18.2 Å². The lowest BCUT2D eigenvalue weighted by atomic mass is 10.1. The molecule has 0 fully saturated rings.